The summed E-state index contributed by atoms with van der Waals surface area (Å²) in [6.45, 7) is 0. The van der Waals surface area contributed by atoms with Crippen molar-refractivity contribution in [3.63, 3.8) is 0 Å². The zero-order valence-electron chi connectivity index (χ0n) is 20.4. The Hall–Kier alpha value is -5.29. The molecule has 0 fully saturated rings. The van der Waals surface area contributed by atoms with Gasteiger partial charge in [0.25, 0.3) is 0 Å². The Balaban J connectivity index is 1.37. The van der Waals surface area contributed by atoms with Crippen LogP contribution in [0.1, 0.15) is 0 Å². The van der Waals surface area contributed by atoms with Crippen molar-refractivity contribution in [1.82, 2.24) is 24.9 Å². The molecule has 0 aliphatic carbocycles. The molecule has 5 heteroatoms. The smallest absolute Gasteiger partial charge is 0.0972 e. The highest BCUT2D eigenvalue weighted by Gasteiger charge is 2.12. The first-order chi connectivity index (χ1) is 18.8. The van der Waals surface area contributed by atoms with Crippen LogP contribution in [0.2, 0.25) is 0 Å². The van der Waals surface area contributed by atoms with Crippen molar-refractivity contribution in [1.29, 1.82) is 0 Å². The van der Waals surface area contributed by atoms with Gasteiger partial charge in [0.2, 0.25) is 0 Å². The summed E-state index contributed by atoms with van der Waals surface area (Å²) in [5.41, 5.74) is 9.10. The number of aromatic nitrogens is 5. The highest BCUT2D eigenvalue weighted by molar-refractivity contribution is 6.03. The van der Waals surface area contributed by atoms with Crippen LogP contribution in [0.15, 0.2) is 128 Å². The van der Waals surface area contributed by atoms with Crippen molar-refractivity contribution < 1.29 is 0 Å². The second-order valence-electron chi connectivity index (χ2n) is 9.05. The number of rotatable bonds is 4. The van der Waals surface area contributed by atoms with E-state index in [-0.39, 0.29) is 0 Å². The SMILES string of the molecule is c1ccc(-c2cc(-c3cccc(-c4ccc5ccc6cccnc6c5n4)c3)cc(-c3ccccn3)n2)nc1. The zero-order valence-corrected chi connectivity index (χ0v) is 20.4. The van der Waals surface area contributed by atoms with Crippen LogP contribution in [0.4, 0.5) is 0 Å². The van der Waals surface area contributed by atoms with Crippen LogP contribution in [0.3, 0.4) is 0 Å². The number of fused-ring (bicyclic) bond motifs is 3. The van der Waals surface area contributed by atoms with Crippen LogP contribution in [0.25, 0.3) is 67.0 Å². The quantitative estimate of drug-likeness (QED) is 0.239. The first kappa shape index (κ1) is 21.9. The second-order valence-corrected chi connectivity index (χ2v) is 9.05. The molecule has 5 aromatic heterocycles. The van der Waals surface area contributed by atoms with Crippen molar-refractivity contribution in [2.45, 2.75) is 0 Å². The highest BCUT2D eigenvalue weighted by Crippen LogP contribution is 2.32. The van der Waals surface area contributed by atoms with Crippen LogP contribution in [-0.4, -0.2) is 24.9 Å². The Morgan fingerprint density at radius 3 is 1.71 bits per heavy atom. The van der Waals surface area contributed by atoms with Crippen LogP contribution in [0, 0.1) is 0 Å². The maximum absolute atomic E-state index is 5.04. The van der Waals surface area contributed by atoms with Gasteiger partial charge in [0.05, 0.1) is 39.5 Å². The van der Waals surface area contributed by atoms with E-state index in [2.05, 4.69) is 81.7 Å². The standard InChI is InChI=1S/C33H21N5/c1-3-16-34-28(10-1)30-20-26(21-31(37-30)29-11-2-4-17-35-29)24-7-5-8-25(19-24)27-15-14-23-13-12-22-9-6-18-36-32(22)33(23)38-27/h1-21H. The van der Waals surface area contributed by atoms with Crippen LogP contribution < -0.4 is 0 Å². The first-order valence-corrected chi connectivity index (χ1v) is 12.4. The van der Waals surface area contributed by atoms with Gasteiger partial charge in [-0.2, -0.15) is 0 Å². The van der Waals surface area contributed by atoms with Crippen molar-refractivity contribution in [3.05, 3.63) is 128 Å². The lowest BCUT2D eigenvalue weighted by atomic mass is 9.99. The number of benzene rings is 2. The molecule has 0 radical (unpaired) electrons. The number of hydrogen-bond acceptors (Lipinski definition) is 5. The van der Waals surface area contributed by atoms with Gasteiger partial charge in [-0.15, -0.1) is 0 Å². The Bertz CT molecular complexity index is 1860. The van der Waals surface area contributed by atoms with Crippen molar-refractivity contribution in [2.75, 3.05) is 0 Å². The maximum atomic E-state index is 5.04. The summed E-state index contributed by atoms with van der Waals surface area (Å²) >= 11 is 0. The van der Waals surface area contributed by atoms with E-state index in [1.807, 2.05) is 48.7 Å². The first-order valence-electron chi connectivity index (χ1n) is 12.4. The van der Waals surface area contributed by atoms with Crippen molar-refractivity contribution >= 4 is 21.8 Å². The van der Waals surface area contributed by atoms with E-state index in [0.717, 1.165) is 67.0 Å². The summed E-state index contributed by atoms with van der Waals surface area (Å²) < 4.78 is 0. The molecule has 7 aromatic rings. The Morgan fingerprint density at radius 2 is 1.00 bits per heavy atom. The van der Waals surface area contributed by atoms with E-state index in [9.17, 15) is 0 Å². The molecular formula is C33H21N5. The third-order valence-electron chi connectivity index (χ3n) is 6.60. The molecule has 0 aliphatic rings. The van der Waals surface area contributed by atoms with Gasteiger partial charge in [0.15, 0.2) is 0 Å². The average molecular weight is 488 g/mol. The van der Waals surface area contributed by atoms with Crippen LogP contribution in [0.5, 0.6) is 0 Å². The van der Waals surface area contributed by atoms with Crippen LogP contribution in [-0.2, 0) is 0 Å². The normalized spacial score (nSPS) is 11.2. The van der Waals surface area contributed by atoms with E-state index in [0.29, 0.717) is 0 Å². The summed E-state index contributed by atoms with van der Waals surface area (Å²) in [6, 6.07) is 36.7. The van der Waals surface area contributed by atoms with E-state index in [1.54, 1.807) is 12.4 Å². The number of nitrogens with zero attached hydrogens (tertiary/aromatic N) is 5. The van der Waals surface area contributed by atoms with Gasteiger partial charge in [-0.3, -0.25) is 15.0 Å². The van der Waals surface area contributed by atoms with Gasteiger partial charge in [-0.05, 0) is 65.7 Å². The molecular weight excluding hydrogens is 466 g/mol. The third kappa shape index (κ3) is 4.06. The number of pyridine rings is 5. The fourth-order valence-corrected chi connectivity index (χ4v) is 4.73. The summed E-state index contributed by atoms with van der Waals surface area (Å²) in [4.78, 5) is 23.6. The molecule has 0 aliphatic heterocycles. The fourth-order valence-electron chi connectivity index (χ4n) is 4.73. The molecule has 0 bridgehead atoms. The predicted octanol–water partition coefficient (Wildman–Crippen LogP) is 7.64. The van der Waals surface area contributed by atoms with Gasteiger partial charge in [-0.1, -0.05) is 54.6 Å². The third-order valence-corrected chi connectivity index (χ3v) is 6.60. The van der Waals surface area contributed by atoms with E-state index >= 15 is 0 Å². The second kappa shape index (κ2) is 9.30. The molecule has 178 valence electrons. The largest absolute Gasteiger partial charge is 0.255 e. The minimum Gasteiger partial charge on any atom is -0.255 e. The molecule has 7 rings (SSSR count). The minimum atomic E-state index is 0.801. The van der Waals surface area contributed by atoms with Gasteiger partial charge in [0.1, 0.15) is 0 Å². The molecule has 2 aromatic carbocycles. The van der Waals surface area contributed by atoms with Gasteiger partial charge >= 0.3 is 0 Å². The van der Waals surface area contributed by atoms with E-state index in [4.69, 9.17) is 9.97 Å². The molecule has 0 unspecified atom stereocenters. The fraction of sp³-hybridized carbons (Fsp3) is 0. The molecule has 0 spiro atoms. The maximum Gasteiger partial charge on any atom is 0.0972 e. The summed E-state index contributed by atoms with van der Waals surface area (Å²) in [6.07, 6.45) is 5.39. The molecule has 0 atom stereocenters. The van der Waals surface area contributed by atoms with E-state index in [1.165, 1.54) is 0 Å². The summed E-state index contributed by atoms with van der Waals surface area (Å²) in [5.74, 6) is 0. The van der Waals surface area contributed by atoms with Gasteiger partial charge in [0, 0.05) is 34.9 Å². The lowest BCUT2D eigenvalue weighted by molar-refractivity contribution is 1.22. The molecule has 38 heavy (non-hydrogen) atoms. The zero-order chi connectivity index (χ0) is 25.3. The average Bonchev–Trinajstić information content (AvgIpc) is 3.01. The molecule has 0 amide bonds. The van der Waals surface area contributed by atoms with Gasteiger partial charge < -0.3 is 0 Å². The van der Waals surface area contributed by atoms with Gasteiger partial charge in [-0.25, -0.2) is 9.97 Å². The molecule has 0 N–H and O–H groups in total. The summed E-state index contributed by atoms with van der Waals surface area (Å²) in [7, 11) is 0. The highest BCUT2D eigenvalue weighted by atomic mass is 14.8. The predicted molar refractivity (Wildman–Crippen MR) is 152 cm³/mol. The van der Waals surface area contributed by atoms with Crippen molar-refractivity contribution in [3.8, 4) is 45.2 Å². The lowest BCUT2D eigenvalue weighted by Crippen LogP contribution is -1.94. The molecule has 0 saturated heterocycles. The minimum absolute atomic E-state index is 0.801. The number of hydrogen-bond donors (Lipinski definition) is 0. The summed E-state index contributed by atoms with van der Waals surface area (Å²) in [5, 5.41) is 2.16. The molecule has 5 nitrogen and oxygen atoms in total. The van der Waals surface area contributed by atoms with Crippen LogP contribution >= 0.6 is 0 Å². The van der Waals surface area contributed by atoms with Crippen molar-refractivity contribution in [2.24, 2.45) is 0 Å². The Labute approximate surface area is 219 Å². The Morgan fingerprint density at radius 1 is 0.342 bits per heavy atom. The molecule has 5 heterocycles. The Kier molecular flexibility index (Phi) is 5.37. The topological polar surface area (TPSA) is 64.5 Å². The van der Waals surface area contributed by atoms with E-state index < -0.39 is 0 Å². The molecule has 0 saturated carbocycles. The monoisotopic (exact) mass is 487 g/mol. The lowest BCUT2D eigenvalue weighted by Gasteiger charge is -2.11.